The molecule has 2 fully saturated rings. The summed E-state index contributed by atoms with van der Waals surface area (Å²) in [6, 6.07) is 12.0. The van der Waals surface area contributed by atoms with Crippen LogP contribution in [0, 0.1) is 30.6 Å². The summed E-state index contributed by atoms with van der Waals surface area (Å²) in [5.74, 6) is -1.13. The number of fused-ring (bicyclic) bond motifs is 5. The Morgan fingerprint density at radius 1 is 1.00 bits per heavy atom. The third kappa shape index (κ3) is 2.64. The second-order valence-electron chi connectivity index (χ2n) is 7.90. The second kappa shape index (κ2) is 6.56. The Morgan fingerprint density at radius 3 is 2.34 bits per heavy atom. The number of halogens is 1. The summed E-state index contributed by atoms with van der Waals surface area (Å²) in [6.45, 7) is 1.82. The maximum atomic E-state index is 13.1. The van der Waals surface area contributed by atoms with E-state index in [4.69, 9.17) is 11.6 Å². The monoisotopic (exact) mass is 406 g/mol. The van der Waals surface area contributed by atoms with Crippen molar-refractivity contribution in [2.24, 2.45) is 23.7 Å². The zero-order chi connectivity index (χ0) is 20.3. The molecule has 1 saturated heterocycles. The lowest BCUT2D eigenvalue weighted by molar-refractivity contribution is -0.123. The first kappa shape index (κ1) is 18.1. The molecule has 146 valence electrons. The first-order valence-electron chi connectivity index (χ1n) is 9.69. The van der Waals surface area contributed by atoms with Gasteiger partial charge in [-0.2, -0.15) is 0 Å². The molecule has 29 heavy (non-hydrogen) atoms. The number of nitrogens with zero attached hydrogens (tertiary/aromatic N) is 1. The van der Waals surface area contributed by atoms with E-state index in [2.05, 4.69) is 17.5 Å². The topological polar surface area (TPSA) is 66.5 Å². The Balaban J connectivity index is 1.49. The van der Waals surface area contributed by atoms with Gasteiger partial charge in [0.05, 0.1) is 23.1 Å². The molecule has 2 bridgehead atoms. The number of imide groups is 1. The highest BCUT2D eigenvalue weighted by Crippen LogP contribution is 2.53. The van der Waals surface area contributed by atoms with Crippen LogP contribution < -0.4 is 10.2 Å². The molecule has 0 unspecified atom stereocenters. The molecule has 5 rings (SSSR count). The predicted molar refractivity (Wildman–Crippen MR) is 111 cm³/mol. The van der Waals surface area contributed by atoms with Crippen molar-refractivity contribution < 1.29 is 14.4 Å². The lowest BCUT2D eigenvalue weighted by Crippen LogP contribution is -2.34. The Kier molecular flexibility index (Phi) is 4.10. The van der Waals surface area contributed by atoms with E-state index >= 15 is 0 Å². The zero-order valence-corrected chi connectivity index (χ0v) is 16.5. The fourth-order valence-electron chi connectivity index (χ4n) is 4.93. The predicted octanol–water partition coefficient (Wildman–Crippen LogP) is 4.21. The number of nitrogens with one attached hydrogen (secondary N) is 1. The third-order valence-electron chi connectivity index (χ3n) is 6.38. The number of allylic oxidation sites excluding steroid dienone is 2. The Morgan fingerprint density at radius 2 is 1.66 bits per heavy atom. The second-order valence-corrected chi connectivity index (χ2v) is 8.30. The van der Waals surface area contributed by atoms with Crippen LogP contribution in [0.2, 0.25) is 5.02 Å². The highest BCUT2D eigenvalue weighted by Gasteiger charge is 2.59. The van der Waals surface area contributed by atoms with Crippen LogP contribution in [0.1, 0.15) is 22.3 Å². The highest BCUT2D eigenvalue weighted by atomic mass is 35.5. The lowest BCUT2D eigenvalue weighted by atomic mass is 9.85. The number of carbonyl (C=O) groups is 3. The molecule has 0 spiro atoms. The molecule has 2 aromatic rings. The number of amides is 3. The molecule has 3 amide bonds. The molecule has 1 N–H and O–H groups in total. The van der Waals surface area contributed by atoms with Gasteiger partial charge in [0.1, 0.15) is 0 Å². The third-order valence-corrected chi connectivity index (χ3v) is 6.79. The summed E-state index contributed by atoms with van der Waals surface area (Å²) in [5.41, 5.74) is 1.98. The van der Waals surface area contributed by atoms with Gasteiger partial charge < -0.3 is 5.32 Å². The molecule has 2 aromatic carbocycles. The summed E-state index contributed by atoms with van der Waals surface area (Å²) < 4.78 is 0. The minimum atomic E-state index is -0.385. The van der Waals surface area contributed by atoms with E-state index in [1.807, 2.05) is 6.92 Å². The van der Waals surface area contributed by atoms with E-state index < -0.39 is 0 Å². The van der Waals surface area contributed by atoms with Crippen molar-refractivity contribution in [3.63, 3.8) is 0 Å². The van der Waals surface area contributed by atoms with Crippen LogP contribution in [0.3, 0.4) is 0 Å². The van der Waals surface area contributed by atoms with Crippen molar-refractivity contribution in [1.29, 1.82) is 0 Å². The van der Waals surface area contributed by atoms with Crippen molar-refractivity contribution in [3.05, 3.63) is 70.8 Å². The average molecular weight is 407 g/mol. The van der Waals surface area contributed by atoms with Crippen molar-refractivity contribution in [3.8, 4) is 0 Å². The molecule has 1 heterocycles. The Labute approximate surface area is 173 Å². The molecule has 0 aromatic heterocycles. The van der Waals surface area contributed by atoms with E-state index in [-0.39, 0.29) is 47.0 Å². The Bertz CT molecular complexity index is 1060. The van der Waals surface area contributed by atoms with Crippen molar-refractivity contribution in [2.75, 3.05) is 10.2 Å². The molecule has 0 radical (unpaired) electrons. The summed E-state index contributed by atoms with van der Waals surface area (Å²) in [6.07, 6.45) is 4.99. The summed E-state index contributed by atoms with van der Waals surface area (Å²) in [7, 11) is 0. The van der Waals surface area contributed by atoms with E-state index in [0.29, 0.717) is 16.4 Å². The quantitative estimate of drug-likeness (QED) is 0.613. The fourth-order valence-corrected chi connectivity index (χ4v) is 5.11. The van der Waals surface area contributed by atoms with Crippen LogP contribution in [0.4, 0.5) is 11.4 Å². The van der Waals surface area contributed by atoms with E-state index in [9.17, 15) is 14.4 Å². The smallest absolute Gasteiger partial charge is 0.257 e. The van der Waals surface area contributed by atoms with Gasteiger partial charge in [-0.25, -0.2) is 4.90 Å². The van der Waals surface area contributed by atoms with Crippen molar-refractivity contribution in [1.82, 2.24) is 0 Å². The van der Waals surface area contributed by atoms with Gasteiger partial charge in [-0.15, -0.1) is 0 Å². The largest absolute Gasteiger partial charge is 0.322 e. The molecule has 3 aliphatic rings. The standard InChI is InChI=1S/C23H19ClN2O3/c1-12-16(24)6-4-7-17(12)25-21(27)15-5-2-3-8-18(15)26-22(28)19-13-9-10-14(11-13)20(19)23(26)29/h2-10,13-14,19-20H,11H2,1H3,(H,25,27)/t13-,14-,19+,20+/m0/s1. The molecule has 6 heteroatoms. The van der Waals surface area contributed by atoms with E-state index in [0.717, 1.165) is 12.0 Å². The van der Waals surface area contributed by atoms with Gasteiger partial charge in [-0.05, 0) is 55.0 Å². The number of carbonyl (C=O) groups excluding carboxylic acids is 3. The lowest BCUT2D eigenvalue weighted by Gasteiger charge is -2.20. The van der Waals surface area contributed by atoms with Crippen molar-refractivity contribution >= 4 is 40.7 Å². The van der Waals surface area contributed by atoms with Crippen molar-refractivity contribution in [2.45, 2.75) is 13.3 Å². The van der Waals surface area contributed by atoms with E-state index in [1.165, 1.54) is 4.90 Å². The molecule has 1 aliphatic heterocycles. The van der Waals surface area contributed by atoms with Gasteiger partial charge in [-0.1, -0.05) is 42.0 Å². The maximum absolute atomic E-state index is 13.1. The van der Waals surface area contributed by atoms with Gasteiger partial charge in [0.25, 0.3) is 5.91 Å². The summed E-state index contributed by atoms with van der Waals surface area (Å²) in [4.78, 5) is 40.5. The van der Waals surface area contributed by atoms with E-state index in [1.54, 1.807) is 42.5 Å². The average Bonchev–Trinajstić information content (AvgIpc) is 3.39. The summed E-state index contributed by atoms with van der Waals surface area (Å²) >= 11 is 6.15. The minimum Gasteiger partial charge on any atom is -0.322 e. The number of rotatable bonds is 3. The van der Waals surface area contributed by atoms with Gasteiger partial charge in [-0.3, -0.25) is 14.4 Å². The Hall–Kier alpha value is -2.92. The number of hydrogen-bond donors (Lipinski definition) is 1. The van der Waals surface area contributed by atoms with Crippen LogP contribution in [0.25, 0.3) is 0 Å². The molecular weight excluding hydrogens is 388 g/mol. The van der Waals surface area contributed by atoms with Gasteiger partial charge in [0.15, 0.2) is 0 Å². The summed E-state index contributed by atoms with van der Waals surface area (Å²) in [5, 5.41) is 3.41. The first-order chi connectivity index (χ1) is 14.0. The number of hydrogen-bond acceptors (Lipinski definition) is 3. The first-order valence-corrected chi connectivity index (χ1v) is 10.1. The van der Waals surface area contributed by atoms with Crippen LogP contribution in [-0.2, 0) is 9.59 Å². The van der Waals surface area contributed by atoms with Gasteiger partial charge in [0.2, 0.25) is 11.8 Å². The molecule has 1 saturated carbocycles. The highest BCUT2D eigenvalue weighted by molar-refractivity contribution is 6.32. The van der Waals surface area contributed by atoms with Gasteiger partial charge in [0, 0.05) is 10.7 Å². The number of anilines is 2. The van der Waals surface area contributed by atoms with Gasteiger partial charge >= 0.3 is 0 Å². The van der Waals surface area contributed by atoms with Crippen LogP contribution in [0.15, 0.2) is 54.6 Å². The molecule has 2 aliphatic carbocycles. The fraction of sp³-hybridized carbons (Fsp3) is 0.261. The number of para-hydroxylation sites is 1. The maximum Gasteiger partial charge on any atom is 0.257 e. The van der Waals surface area contributed by atoms with Crippen LogP contribution in [-0.4, -0.2) is 17.7 Å². The normalized spacial score (nSPS) is 26.9. The molecule has 5 nitrogen and oxygen atoms in total. The zero-order valence-electron chi connectivity index (χ0n) is 15.8. The van der Waals surface area contributed by atoms with Crippen LogP contribution in [0.5, 0.6) is 0 Å². The molecular formula is C23H19ClN2O3. The molecule has 4 atom stereocenters. The van der Waals surface area contributed by atoms with Crippen LogP contribution >= 0.6 is 11.6 Å². The number of benzene rings is 2. The minimum absolute atomic E-state index is 0.126. The SMILES string of the molecule is Cc1c(Cl)cccc1NC(=O)c1ccccc1N1C(=O)[C@H]2[C@H](C1=O)[C@H]1C=C[C@H]2C1.